The van der Waals surface area contributed by atoms with Crippen LogP contribution in [0.2, 0.25) is 0 Å². The molecule has 21 heavy (non-hydrogen) atoms. The topological polar surface area (TPSA) is 81.8 Å². The molecule has 0 saturated heterocycles. The van der Waals surface area contributed by atoms with E-state index >= 15 is 0 Å². The predicted molar refractivity (Wildman–Crippen MR) is 81.2 cm³/mol. The van der Waals surface area contributed by atoms with Crippen molar-refractivity contribution in [2.45, 2.75) is 19.4 Å². The zero-order valence-corrected chi connectivity index (χ0v) is 11.8. The Kier molecular flexibility index (Phi) is 4.16. The summed E-state index contributed by atoms with van der Waals surface area (Å²) in [5.41, 5.74) is 3.37. The highest BCUT2D eigenvalue weighted by Crippen LogP contribution is 2.19. The average Bonchev–Trinajstić information content (AvgIpc) is 2.92. The molecule has 4 N–H and O–H groups in total. The van der Waals surface area contributed by atoms with E-state index in [0.717, 1.165) is 37.2 Å². The number of H-pyrrole nitrogens is 1. The molecule has 1 aromatic heterocycles. The molecule has 0 fully saturated rings. The minimum absolute atomic E-state index is 0.217. The number of aromatic nitrogens is 2. The van der Waals surface area contributed by atoms with Gasteiger partial charge >= 0.3 is 6.03 Å². The van der Waals surface area contributed by atoms with E-state index in [-0.39, 0.29) is 6.03 Å². The number of carbonyl (C=O) groups excluding carboxylic acids is 1. The summed E-state index contributed by atoms with van der Waals surface area (Å²) in [5.74, 6) is 0.620. The fourth-order valence-electron chi connectivity index (χ4n) is 2.45. The van der Waals surface area contributed by atoms with Crippen LogP contribution in [0.3, 0.4) is 0 Å². The van der Waals surface area contributed by atoms with Crippen LogP contribution in [-0.2, 0) is 19.4 Å². The normalized spacial score (nSPS) is 13.5. The lowest BCUT2D eigenvalue weighted by Crippen LogP contribution is -2.31. The summed E-state index contributed by atoms with van der Waals surface area (Å²) in [6.45, 7) is 2.28. The van der Waals surface area contributed by atoms with Crippen LogP contribution in [0.4, 0.5) is 10.6 Å². The third-order valence-electron chi connectivity index (χ3n) is 3.58. The second kappa shape index (κ2) is 6.41. The summed E-state index contributed by atoms with van der Waals surface area (Å²) in [6, 6.07) is 9.87. The van der Waals surface area contributed by atoms with Gasteiger partial charge in [0.15, 0.2) is 5.82 Å². The third-order valence-corrected chi connectivity index (χ3v) is 3.58. The molecule has 0 atom stereocenters. The average molecular weight is 285 g/mol. The highest BCUT2D eigenvalue weighted by atomic mass is 16.2. The van der Waals surface area contributed by atoms with Gasteiger partial charge in [-0.1, -0.05) is 30.3 Å². The molecule has 2 heterocycles. The van der Waals surface area contributed by atoms with Crippen LogP contribution in [0, 0.1) is 0 Å². The van der Waals surface area contributed by atoms with Gasteiger partial charge in [-0.3, -0.25) is 10.4 Å². The summed E-state index contributed by atoms with van der Waals surface area (Å²) in [5, 5.41) is 16.1. The lowest BCUT2D eigenvalue weighted by atomic mass is 10.1. The van der Waals surface area contributed by atoms with E-state index in [1.807, 2.05) is 18.2 Å². The van der Waals surface area contributed by atoms with Gasteiger partial charge in [0.1, 0.15) is 0 Å². The first-order chi connectivity index (χ1) is 10.3. The molecule has 110 valence electrons. The Labute approximate surface area is 123 Å². The fraction of sp³-hybridized carbons (Fsp3) is 0.333. The lowest BCUT2D eigenvalue weighted by molar-refractivity contribution is 0.252. The Hall–Kier alpha value is -2.34. The number of fused-ring (bicyclic) bond motifs is 1. The first kappa shape index (κ1) is 13.6. The number of nitrogens with one attached hydrogen (secondary N) is 4. The zero-order valence-electron chi connectivity index (χ0n) is 11.8. The van der Waals surface area contributed by atoms with Crippen molar-refractivity contribution in [3.8, 4) is 0 Å². The van der Waals surface area contributed by atoms with Crippen molar-refractivity contribution in [2.75, 3.05) is 18.4 Å². The van der Waals surface area contributed by atoms with E-state index in [9.17, 15) is 4.79 Å². The molecule has 6 heteroatoms. The molecule has 0 radical (unpaired) electrons. The Morgan fingerprint density at radius 1 is 1.29 bits per heavy atom. The van der Waals surface area contributed by atoms with E-state index in [1.54, 1.807) is 0 Å². The molecule has 6 nitrogen and oxygen atoms in total. The number of benzene rings is 1. The zero-order chi connectivity index (χ0) is 14.5. The largest absolute Gasteiger partial charge is 0.337 e. The Morgan fingerprint density at radius 3 is 3.00 bits per heavy atom. The number of carbonyl (C=O) groups is 1. The number of hydrogen-bond acceptors (Lipinski definition) is 3. The monoisotopic (exact) mass is 285 g/mol. The maximum absolute atomic E-state index is 11.9. The van der Waals surface area contributed by atoms with Crippen LogP contribution in [0.15, 0.2) is 30.3 Å². The van der Waals surface area contributed by atoms with Gasteiger partial charge in [-0.25, -0.2) is 4.79 Å². The highest BCUT2D eigenvalue weighted by Gasteiger charge is 2.17. The predicted octanol–water partition coefficient (Wildman–Crippen LogP) is 1.42. The number of amides is 2. The van der Waals surface area contributed by atoms with Gasteiger partial charge < -0.3 is 10.6 Å². The molecule has 0 saturated carbocycles. The minimum Gasteiger partial charge on any atom is -0.337 e. The van der Waals surface area contributed by atoms with E-state index in [1.165, 1.54) is 5.56 Å². The van der Waals surface area contributed by atoms with Crippen molar-refractivity contribution in [3.63, 3.8) is 0 Å². The number of nitrogens with zero attached hydrogens (tertiary/aromatic N) is 1. The highest BCUT2D eigenvalue weighted by molar-refractivity contribution is 5.89. The number of rotatable bonds is 4. The van der Waals surface area contributed by atoms with E-state index in [0.29, 0.717) is 12.4 Å². The molecule has 0 unspecified atom stereocenters. The van der Waals surface area contributed by atoms with Crippen LogP contribution < -0.4 is 16.0 Å². The second-order valence-corrected chi connectivity index (χ2v) is 5.07. The Balaban J connectivity index is 1.49. The summed E-state index contributed by atoms with van der Waals surface area (Å²) in [4.78, 5) is 11.9. The molecular weight excluding hydrogens is 266 g/mol. The number of aromatic amines is 1. The van der Waals surface area contributed by atoms with Gasteiger partial charge in [0.05, 0.1) is 0 Å². The van der Waals surface area contributed by atoms with Gasteiger partial charge in [0.2, 0.25) is 0 Å². The van der Waals surface area contributed by atoms with Crippen molar-refractivity contribution < 1.29 is 4.79 Å². The fourth-order valence-corrected chi connectivity index (χ4v) is 2.45. The summed E-state index contributed by atoms with van der Waals surface area (Å²) >= 11 is 0. The standard InChI is InChI=1S/C15H19N5O/c21-15(17-9-6-11-4-2-1-3-5-11)18-14-12-10-16-8-7-13(12)19-20-14/h1-5,16H,6-10H2,(H3,17,18,19,20,21). The van der Waals surface area contributed by atoms with Crippen molar-refractivity contribution >= 4 is 11.8 Å². The van der Waals surface area contributed by atoms with Crippen molar-refractivity contribution in [1.29, 1.82) is 0 Å². The van der Waals surface area contributed by atoms with E-state index in [2.05, 4.69) is 38.3 Å². The molecule has 2 amide bonds. The minimum atomic E-state index is -0.217. The quantitative estimate of drug-likeness (QED) is 0.686. The van der Waals surface area contributed by atoms with Crippen LogP contribution in [-0.4, -0.2) is 29.3 Å². The van der Waals surface area contributed by atoms with Gasteiger partial charge in [-0.15, -0.1) is 0 Å². The maximum atomic E-state index is 11.9. The van der Waals surface area contributed by atoms with Crippen molar-refractivity contribution in [1.82, 2.24) is 20.8 Å². The Bertz CT molecular complexity index is 608. The molecular formula is C15H19N5O. The van der Waals surface area contributed by atoms with Gasteiger partial charge in [0, 0.05) is 37.3 Å². The van der Waals surface area contributed by atoms with Crippen LogP contribution >= 0.6 is 0 Å². The molecule has 1 aliphatic rings. The van der Waals surface area contributed by atoms with Crippen LogP contribution in [0.1, 0.15) is 16.8 Å². The number of anilines is 1. The molecule has 2 aromatic rings. The number of urea groups is 1. The number of hydrogen-bond donors (Lipinski definition) is 4. The molecule has 3 rings (SSSR count). The van der Waals surface area contributed by atoms with Crippen molar-refractivity contribution in [2.24, 2.45) is 0 Å². The second-order valence-electron chi connectivity index (χ2n) is 5.07. The van der Waals surface area contributed by atoms with Crippen LogP contribution in [0.5, 0.6) is 0 Å². The summed E-state index contributed by atoms with van der Waals surface area (Å²) in [7, 11) is 0. The molecule has 0 bridgehead atoms. The molecule has 0 aliphatic carbocycles. The third kappa shape index (κ3) is 3.41. The Morgan fingerprint density at radius 2 is 2.14 bits per heavy atom. The summed E-state index contributed by atoms with van der Waals surface area (Å²) < 4.78 is 0. The molecule has 1 aliphatic heterocycles. The lowest BCUT2D eigenvalue weighted by Gasteiger charge is -2.13. The van der Waals surface area contributed by atoms with E-state index in [4.69, 9.17) is 0 Å². The van der Waals surface area contributed by atoms with Crippen molar-refractivity contribution in [3.05, 3.63) is 47.2 Å². The molecule has 1 aromatic carbocycles. The summed E-state index contributed by atoms with van der Waals surface area (Å²) in [6.07, 6.45) is 1.73. The van der Waals surface area contributed by atoms with Gasteiger partial charge in [-0.05, 0) is 12.0 Å². The smallest absolute Gasteiger partial charge is 0.320 e. The van der Waals surface area contributed by atoms with Crippen LogP contribution in [0.25, 0.3) is 0 Å². The maximum Gasteiger partial charge on any atom is 0.320 e. The first-order valence-electron chi connectivity index (χ1n) is 7.18. The SMILES string of the molecule is O=C(NCCc1ccccc1)Nc1n[nH]c2c1CNCC2. The van der Waals surface area contributed by atoms with Gasteiger partial charge in [-0.2, -0.15) is 5.10 Å². The first-order valence-corrected chi connectivity index (χ1v) is 7.18. The van der Waals surface area contributed by atoms with Gasteiger partial charge in [0.25, 0.3) is 0 Å². The molecule has 0 spiro atoms. The van der Waals surface area contributed by atoms with E-state index < -0.39 is 0 Å².